The number of benzene rings is 2. The molecule has 0 aliphatic rings. The molecular formula is C22H32IN3O4. The fourth-order valence-electron chi connectivity index (χ4n) is 2.91. The average Bonchev–Trinajstić information content (AvgIpc) is 2.77. The van der Waals surface area contributed by atoms with Crippen LogP contribution in [-0.2, 0) is 13.0 Å². The lowest BCUT2D eigenvalue weighted by molar-refractivity contribution is 0.368. The van der Waals surface area contributed by atoms with E-state index in [0.29, 0.717) is 25.3 Å². The number of hydrogen-bond donors (Lipinski definition) is 2. The molecule has 0 aliphatic carbocycles. The summed E-state index contributed by atoms with van der Waals surface area (Å²) < 4.78 is 21.6. The third-order valence-corrected chi connectivity index (χ3v) is 4.38. The van der Waals surface area contributed by atoms with E-state index in [-0.39, 0.29) is 24.0 Å². The predicted octanol–water partition coefficient (Wildman–Crippen LogP) is 3.64. The first kappa shape index (κ1) is 25.7. The lowest BCUT2D eigenvalue weighted by Gasteiger charge is -2.16. The molecule has 0 unspecified atom stereocenters. The van der Waals surface area contributed by atoms with Crippen LogP contribution in [0, 0.1) is 0 Å². The van der Waals surface area contributed by atoms with Gasteiger partial charge in [-0.25, -0.2) is 4.99 Å². The normalized spacial score (nSPS) is 10.6. The molecule has 166 valence electrons. The third kappa shape index (κ3) is 7.47. The molecule has 2 aromatic carbocycles. The predicted molar refractivity (Wildman–Crippen MR) is 131 cm³/mol. The Labute approximate surface area is 196 Å². The Bertz CT molecular complexity index is 790. The molecule has 0 fully saturated rings. The van der Waals surface area contributed by atoms with Crippen molar-refractivity contribution < 1.29 is 18.9 Å². The summed E-state index contributed by atoms with van der Waals surface area (Å²) in [6.07, 6.45) is 0.708. The van der Waals surface area contributed by atoms with Crippen LogP contribution in [-0.4, -0.2) is 47.5 Å². The summed E-state index contributed by atoms with van der Waals surface area (Å²) >= 11 is 0. The van der Waals surface area contributed by atoms with Crippen molar-refractivity contribution >= 4 is 29.9 Å². The van der Waals surface area contributed by atoms with Gasteiger partial charge in [-0.3, -0.25) is 0 Å². The van der Waals surface area contributed by atoms with Gasteiger partial charge in [0.25, 0.3) is 0 Å². The summed E-state index contributed by atoms with van der Waals surface area (Å²) in [5.41, 5.74) is 2.06. The van der Waals surface area contributed by atoms with Crippen molar-refractivity contribution in [1.82, 2.24) is 10.6 Å². The van der Waals surface area contributed by atoms with Crippen molar-refractivity contribution in [2.75, 3.05) is 41.5 Å². The van der Waals surface area contributed by atoms with Crippen LogP contribution in [0.25, 0.3) is 0 Å². The van der Waals surface area contributed by atoms with E-state index in [4.69, 9.17) is 18.9 Å². The molecule has 0 aromatic heterocycles. The van der Waals surface area contributed by atoms with Crippen molar-refractivity contribution in [3.8, 4) is 23.0 Å². The van der Waals surface area contributed by atoms with Gasteiger partial charge in [-0.2, -0.15) is 0 Å². The molecule has 0 bridgehead atoms. The van der Waals surface area contributed by atoms with E-state index in [0.717, 1.165) is 40.9 Å². The van der Waals surface area contributed by atoms with Gasteiger partial charge in [0.1, 0.15) is 23.0 Å². The lowest BCUT2D eigenvalue weighted by Crippen LogP contribution is -2.38. The van der Waals surface area contributed by atoms with E-state index >= 15 is 0 Å². The van der Waals surface area contributed by atoms with Gasteiger partial charge in [0.2, 0.25) is 0 Å². The topological polar surface area (TPSA) is 73.3 Å². The van der Waals surface area contributed by atoms with Gasteiger partial charge in [-0.15, -0.1) is 24.0 Å². The summed E-state index contributed by atoms with van der Waals surface area (Å²) in [5, 5.41) is 6.63. The molecule has 2 N–H and O–H groups in total. The molecular weight excluding hydrogens is 497 g/mol. The van der Waals surface area contributed by atoms with Crippen LogP contribution in [0.5, 0.6) is 23.0 Å². The first-order chi connectivity index (χ1) is 14.1. The average molecular weight is 529 g/mol. The monoisotopic (exact) mass is 529 g/mol. The van der Waals surface area contributed by atoms with E-state index in [1.54, 1.807) is 28.4 Å². The fourth-order valence-corrected chi connectivity index (χ4v) is 2.91. The van der Waals surface area contributed by atoms with E-state index in [1.807, 2.05) is 43.3 Å². The summed E-state index contributed by atoms with van der Waals surface area (Å²) in [6, 6.07) is 11.6. The SMILES string of the molecule is CCNC(=NCc1cccc(OC)c1)NCCc1c(OC)cc(OC)cc1OC.I. The number of nitrogens with zero attached hydrogens (tertiary/aromatic N) is 1. The van der Waals surface area contributed by atoms with Crippen LogP contribution >= 0.6 is 24.0 Å². The maximum Gasteiger partial charge on any atom is 0.191 e. The Morgan fingerprint density at radius 3 is 2.10 bits per heavy atom. The van der Waals surface area contributed by atoms with Crippen molar-refractivity contribution in [2.45, 2.75) is 19.9 Å². The molecule has 2 aromatic rings. The minimum absolute atomic E-state index is 0. The third-order valence-electron chi connectivity index (χ3n) is 4.38. The highest BCUT2D eigenvalue weighted by Crippen LogP contribution is 2.34. The summed E-state index contributed by atoms with van der Waals surface area (Å²) in [5.74, 6) is 3.75. The number of hydrogen-bond acceptors (Lipinski definition) is 5. The van der Waals surface area contributed by atoms with Gasteiger partial charge in [-0.1, -0.05) is 12.1 Å². The second kappa shape index (κ2) is 13.8. The maximum absolute atomic E-state index is 5.52. The molecule has 0 spiro atoms. The number of rotatable bonds is 10. The lowest BCUT2D eigenvalue weighted by atomic mass is 10.1. The number of aliphatic imine (C=N–C) groups is 1. The van der Waals surface area contributed by atoms with E-state index < -0.39 is 0 Å². The van der Waals surface area contributed by atoms with Gasteiger partial charge in [0.05, 0.1) is 35.0 Å². The summed E-state index contributed by atoms with van der Waals surface area (Å²) in [7, 11) is 6.57. The van der Waals surface area contributed by atoms with Crippen LogP contribution in [0.3, 0.4) is 0 Å². The second-order valence-corrected chi connectivity index (χ2v) is 6.23. The molecule has 0 saturated heterocycles. The molecule has 0 heterocycles. The Balaban J connectivity index is 0.00000450. The Morgan fingerprint density at radius 2 is 1.53 bits per heavy atom. The summed E-state index contributed by atoms with van der Waals surface area (Å²) in [4.78, 5) is 4.66. The summed E-state index contributed by atoms with van der Waals surface area (Å²) in [6.45, 7) is 4.04. The van der Waals surface area contributed by atoms with Gasteiger partial charge in [-0.05, 0) is 31.0 Å². The van der Waals surface area contributed by atoms with Crippen LogP contribution in [0.4, 0.5) is 0 Å². The molecule has 0 atom stereocenters. The number of nitrogens with one attached hydrogen (secondary N) is 2. The highest BCUT2D eigenvalue weighted by Gasteiger charge is 2.13. The number of methoxy groups -OCH3 is 4. The molecule has 30 heavy (non-hydrogen) atoms. The standard InChI is InChI=1S/C22H31N3O4.HI/c1-6-23-22(25-15-16-8-7-9-17(12-16)26-2)24-11-10-19-20(28-4)13-18(27-3)14-21(19)29-5;/h7-9,12-14H,6,10-11,15H2,1-5H3,(H2,23,24,25);1H. The minimum atomic E-state index is 0. The molecule has 0 aliphatic heterocycles. The number of guanidine groups is 1. The highest BCUT2D eigenvalue weighted by molar-refractivity contribution is 14.0. The first-order valence-electron chi connectivity index (χ1n) is 9.59. The Kier molecular flexibility index (Phi) is 11.8. The van der Waals surface area contributed by atoms with Gasteiger partial charge >= 0.3 is 0 Å². The van der Waals surface area contributed by atoms with Crippen LogP contribution in [0.1, 0.15) is 18.1 Å². The van der Waals surface area contributed by atoms with Crippen molar-refractivity contribution in [2.24, 2.45) is 4.99 Å². The molecule has 2 rings (SSSR count). The van der Waals surface area contributed by atoms with Crippen LogP contribution in [0.15, 0.2) is 41.4 Å². The van der Waals surface area contributed by atoms with E-state index in [2.05, 4.69) is 15.6 Å². The zero-order chi connectivity index (χ0) is 21.1. The number of ether oxygens (including phenoxy) is 4. The van der Waals surface area contributed by atoms with Crippen molar-refractivity contribution in [3.63, 3.8) is 0 Å². The second-order valence-electron chi connectivity index (χ2n) is 6.23. The molecule has 0 saturated carbocycles. The zero-order valence-electron chi connectivity index (χ0n) is 18.3. The first-order valence-corrected chi connectivity index (χ1v) is 9.59. The van der Waals surface area contributed by atoms with E-state index in [9.17, 15) is 0 Å². The smallest absolute Gasteiger partial charge is 0.191 e. The van der Waals surface area contributed by atoms with Crippen molar-refractivity contribution in [1.29, 1.82) is 0 Å². The number of halogens is 1. The molecule has 0 radical (unpaired) electrons. The largest absolute Gasteiger partial charge is 0.497 e. The minimum Gasteiger partial charge on any atom is -0.497 e. The van der Waals surface area contributed by atoms with Crippen LogP contribution < -0.4 is 29.6 Å². The Hall–Kier alpha value is -2.36. The Morgan fingerprint density at radius 1 is 0.867 bits per heavy atom. The van der Waals surface area contributed by atoms with Gasteiger partial charge in [0, 0.05) is 30.8 Å². The fraction of sp³-hybridized carbons (Fsp3) is 0.409. The molecule has 7 nitrogen and oxygen atoms in total. The quantitative estimate of drug-likeness (QED) is 0.278. The van der Waals surface area contributed by atoms with Gasteiger partial charge in [0.15, 0.2) is 5.96 Å². The van der Waals surface area contributed by atoms with Crippen LogP contribution in [0.2, 0.25) is 0 Å². The maximum atomic E-state index is 5.52. The molecule has 8 heteroatoms. The van der Waals surface area contributed by atoms with E-state index in [1.165, 1.54) is 0 Å². The van der Waals surface area contributed by atoms with Crippen molar-refractivity contribution in [3.05, 3.63) is 47.5 Å². The van der Waals surface area contributed by atoms with Gasteiger partial charge < -0.3 is 29.6 Å². The zero-order valence-corrected chi connectivity index (χ0v) is 20.6. The highest BCUT2D eigenvalue weighted by atomic mass is 127. The molecule has 0 amide bonds.